The molecule has 3 aromatic rings. The monoisotopic (exact) mass is 442 g/mol. The van der Waals surface area contributed by atoms with Gasteiger partial charge in [0.15, 0.2) is 11.6 Å². The van der Waals surface area contributed by atoms with Gasteiger partial charge in [-0.3, -0.25) is 4.98 Å². The third kappa shape index (κ3) is 4.13. The molecule has 0 fully saturated rings. The Hall–Kier alpha value is -2.98. The zero-order valence-electron chi connectivity index (χ0n) is 16.5. The second-order valence-corrected chi connectivity index (χ2v) is 6.99. The lowest BCUT2D eigenvalue weighted by Gasteiger charge is -2.38. The predicted octanol–water partition coefficient (Wildman–Crippen LogP) is 4.27. The molecule has 3 rings (SSSR count). The van der Waals surface area contributed by atoms with E-state index in [2.05, 4.69) is 10.3 Å². The van der Waals surface area contributed by atoms with Crippen LogP contribution in [0.5, 0.6) is 5.75 Å². The standard InChI is InChI=1S/C21H19F5N2O3/c1-11-6-7-13-16(27-11)4-3-5-17(13)28-19(20(30,10-29)21(24,25)26)14-8-12(22)9-15(23)18(14)31-2/h3-9,19,28-30H,10H2,1-2H3. The molecule has 0 saturated carbocycles. The maximum absolute atomic E-state index is 14.3. The molecular weight excluding hydrogens is 423 g/mol. The Morgan fingerprint density at radius 2 is 1.84 bits per heavy atom. The molecule has 0 saturated heterocycles. The Morgan fingerprint density at radius 1 is 1.13 bits per heavy atom. The summed E-state index contributed by atoms with van der Waals surface area (Å²) < 4.78 is 74.7. The van der Waals surface area contributed by atoms with Crippen LogP contribution in [0.1, 0.15) is 17.3 Å². The quantitative estimate of drug-likeness (QED) is 0.498. The van der Waals surface area contributed by atoms with Gasteiger partial charge in [-0.1, -0.05) is 6.07 Å². The van der Waals surface area contributed by atoms with Gasteiger partial charge in [0, 0.05) is 28.4 Å². The van der Waals surface area contributed by atoms with Crippen molar-refractivity contribution in [2.75, 3.05) is 19.0 Å². The highest BCUT2D eigenvalue weighted by Crippen LogP contribution is 2.45. The zero-order valence-corrected chi connectivity index (χ0v) is 16.5. The molecular formula is C21H19F5N2O3. The highest BCUT2D eigenvalue weighted by molar-refractivity contribution is 5.91. The van der Waals surface area contributed by atoms with Gasteiger partial charge < -0.3 is 20.3 Å². The smallest absolute Gasteiger partial charge is 0.421 e. The van der Waals surface area contributed by atoms with Gasteiger partial charge in [0.2, 0.25) is 5.60 Å². The van der Waals surface area contributed by atoms with Crippen LogP contribution in [0.4, 0.5) is 27.6 Å². The molecule has 2 atom stereocenters. The number of aliphatic hydroxyl groups excluding tert-OH is 1. The lowest BCUT2D eigenvalue weighted by Crippen LogP contribution is -2.55. The van der Waals surface area contributed by atoms with Crippen molar-refractivity contribution in [2.24, 2.45) is 0 Å². The highest BCUT2D eigenvalue weighted by Gasteiger charge is 2.59. The Balaban J connectivity index is 2.27. The molecule has 0 radical (unpaired) electrons. The Kier molecular flexibility index (Phi) is 6.06. The molecule has 5 nitrogen and oxygen atoms in total. The lowest BCUT2D eigenvalue weighted by atomic mass is 9.87. The first-order chi connectivity index (χ1) is 14.5. The Morgan fingerprint density at radius 3 is 2.45 bits per heavy atom. The number of alkyl halides is 3. The van der Waals surface area contributed by atoms with Crippen molar-refractivity contribution >= 4 is 16.6 Å². The van der Waals surface area contributed by atoms with Crippen molar-refractivity contribution in [3.05, 3.63) is 65.4 Å². The molecule has 3 N–H and O–H groups in total. The molecule has 10 heteroatoms. The number of halogens is 5. The molecule has 1 aromatic heterocycles. The number of methoxy groups -OCH3 is 1. The molecule has 166 valence electrons. The number of anilines is 1. The van der Waals surface area contributed by atoms with Crippen LogP contribution in [0, 0.1) is 18.6 Å². The third-order valence-corrected chi connectivity index (χ3v) is 4.93. The Bertz CT molecular complexity index is 1110. The number of benzene rings is 2. The van der Waals surface area contributed by atoms with Crippen LogP contribution in [0.25, 0.3) is 10.9 Å². The van der Waals surface area contributed by atoms with Crippen molar-refractivity contribution < 1.29 is 36.9 Å². The van der Waals surface area contributed by atoms with E-state index in [1.165, 1.54) is 12.1 Å². The van der Waals surface area contributed by atoms with E-state index in [0.29, 0.717) is 28.7 Å². The Labute approximate surface area is 174 Å². The van der Waals surface area contributed by atoms with E-state index in [1.54, 1.807) is 25.1 Å². The van der Waals surface area contributed by atoms with Crippen molar-refractivity contribution in [1.29, 1.82) is 0 Å². The first-order valence-electron chi connectivity index (χ1n) is 9.07. The van der Waals surface area contributed by atoms with Gasteiger partial charge in [-0.15, -0.1) is 0 Å². The SMILES string of the molecule is COc1c(F)cc(F)cc1C(Nc1cccc2nc(C)ccc12)C(O)(CO)C(F)(F)F. The molecule has 1 heterocycles. The zero-order chi connectivity index (χ0) is 23.0. The lowest BCUT2D eigenvalue weighted by molar-refractivity contribution is -0.277. The number of nitrogens with zero attached hydrogens (tertiary/aromatic N) is 1. The van der Waals surface area contributed by atoms with Crippen molar-refractivity contribution in [3.63, 3.8) is 0 Å². The number of aromatic nitrogens is 1. The van der Waals surface area contributed by atoms with Gasteiger partial charge in [-0.25, -0.2) is 8.78 Å². The first kappa shape index (κ1) is 22.7. The topological polar surface area (TPSA) is 74.6 Å². The molecule has 0 bridgehead atoms. The fraction of sp³-hybridized carbons (Fsp3) is 0.286. The number of nitrogens with one attached hydrogen (secondary N) is 1. The molecule has 0 amide bonds. The van der Waals surface area contributed by atoms with Gasteiger partial charge in [-0.2, -0.15) is 13.2 Å². The van der Waals surface area contributed by atoms with Crippen LogP contribution in [0.3, 0.4) is 0 Å². The van der Waals surface area contributed by atoms with Crippen molar-refractivity contribution in [3.8, 4) is 5.75 Å². The van der Waals surface area contributed by atoms with Gasteiger partial charge in [0.05, 0.1) is 25.3 Å². The van der Waals surface area contributed by atoms with Crippen molar-refractivity contribution in [1.82, 2.24) is 4.98 Å². The molecule has 0 aliphatic heterocycles. The predicted molar refractivity (Wildman–Crippen MR) is 104 cm³/mol. The molecule has 31 heavy (non-hydrogen) atoms. The van der Waals surface area contributed by atoms with Crippen LogP contribution in [-0.2, 0) is 0 Å². The summed E-state index contributed by atoms with van der Waals surface area (Å²) in [6.45, 7) is -0.0472. The maximum atomic E-state index is 14.3. The van der Waals surface area contributed by atoms with E-state index >= 15 is 0 Å². The fourth-order valence-electron chi connectivity index (χ4n) is 3.35. The molecule has 0 aliphatic carbocycles. The van der Waals surface area contributed by atoms with Gasteiger partial charge in [0.1, 0.15) is 5.82 Å². The van der Waals surface area contributed by atoms with Gasteiger partial charge >= 0.3 is 6.18 Å². The second-order valence-electron chi connectivity index (χ2n) is 6.99. The number of aliphatic hydroxyl groups is 2. The number of hydrogen-bond donors (Lipinski definition) is 3. The number of ether oxygens (including phenoxy) is 1. The maximum Gasteiger partial charge on any atom is 0.421 e. The van der Waals surface area contributed by atoms with Gasteiger partial charge in [0.25, 0.3) is 0 Å². The number of pyridine rings is 1. The van der Waals surface area contributed by atoms with Crippen molar-refractivity contribution in [2.45, 2.75) is 24.7 Å². The minimum absolute atomic E-state index is 0.0952. The summed E-state index contributed by atoms with van der Waals surface area (Å²) in [6.07, 6.45) is -5.37. The molecule has 0 spiro atoms. The fourth-order valence-corrected chi connectivity index (χ4v) is 3.35. The number of rotatable bonds is 6. The van der Waals surface area contributed by atoms with Crippen LogP contribution < -0.4 is 10.1 Å². The van der Waals surface area contributed by atoms with E-state index in [4.69, 9.17) is 4.74 Å². The summed E-state index contributed by atoms with van der Waals surface area (Å²) in [5.74, 6) is -3.15. The summed E-state index contributed by atoms with van der Waals surface area (Å²) in [6, 6.07) is 6.62. The van der Waals surface area contributed by atoms with Gasteiger partial charge in [-0.05, 0) is 37.3 Å². The minimum atomic E-state index is -5.37. The molecule has 2 unspecified atom stereocenters. The summed E-state index contributed by atoms with van der Waals surface area (Å²) in [4.78, 5) is 4.29. The molecule has 2 aromatic carbocycles. The summed E-state index contributed by atoms with van der Waals surface area (Å²) in [5, 5.41) is 22.9. The largest absolute Gasteiger partial charge is 0.493 e. The average Bonchev–Trinajstić information content (AvgIpc) is 2.69. The molecule has 0 aliphatic rings. The number of aryl methyl sites for hydroxylation is 1. The minimum Gasteiger partial charge on any atom is -0.493 e. The summed E-state index contributed by atoms with van der Waals surface area (Å²) in [5.41, 5.74) is -3.26. The second kappa shape index (κ2) is 8.27. The number of fused-ring (bicyclic) bond motifs is 1. The van der Waals surface area contributed by atoms with Crippen LogP contribution in [0.2, 0.25) is 0 Å². The first-order valence-corrected chi connectivity index (χ1v) is 9.07. The van der Waals surface area contributed by atoms with E-state index < -0.39 is 47.4 Å². The van der Waals surface area contributed by atoms with E-state index in [9.17, 15) is 32.2 Å². The normalized spacial score (nSPS) is 14.9. The van der Waals surface area contributed by atoms with E-state index in [-0.39, 0.29) is 5.69 Å². The third-order valence-electron chi connectivity index (χ3n) is 4.93. The van der Waals surface area contributed by atoms with Crippen LogP contribution in [0.15, 0.2) is 42.5 Å². The summed E-state index contributed by atoms with van der Waals surface area (Å²) in [7, 11) is 0.993. The highest BCUT2D eigenvalue weighted by atomic mass is 19.4. The number of hydrogen-bond acceptors (Lipinski definition) is 5. The van der Waals surface area contributed by atoms with E-state index in [1.807, 2.05) is 0 Å². The van der Waals surface area contributed by atoms with E-state index in [0.717, 1.165) is 7.11 Å². The summed E-state index contributed by atoms with van der Waals surface area (Å²) >= 11 is 0. The average molecular weight is 442 g/mol. The van der Waals surface area contributed by atoms with Crippen LogP contribution in [-0.4, -0.2) is 40.7 Å². The van der Waals surface area contributed by atoms with Crippen LogP contribution >= 0.6 is 0 Å².